The number of amides is 1. The van der Waals surface area contributed by atoms with E-state index in [2.05, 4.69) is 15.0 Å². The highest BCUT2D eigenvalue weighted by atomic mass is 32.2. The summed E-state index contributed by atoms with van der Waals surface area (Å²) in [6.07, 6.45) is -0.459. The number of carbonyl (C=O) groups is 1. The molecule has 2 aliphatic heterocycles. The third-order valence-corrected chi connectivity index (χ3v) is 5.55. The summed E-state index contributed by atoms with van der Waals surface area (Å²) in [7, 11) is -2.07. The maximum absolute atomic E-state index is 12.1. The van der Waals surface area contributed by atoms with Gasteiger partial charge in [0.1, 0.15) is 4.90 Å². The topological polar surface area (TPSA) is 111 Å². The van der Waals surface area contributed by atoms with Crippen LogP contribution in [0.4, 0.5) is 0 Å². The van der Waals surface area contributed by atoms with Crippen molar-refractivity contribution in [3.63, 3.8) is 0 Å². The zero-order valence-corrected chi connectivity index (χ0v) is 14.1. The average molecular weight is 352 g/mol. The van der Waals surface area contributed by atoms with Crippen LogP contribution in [0.25, 0.3) is 0 Å². The normalized spacial score (nSPS) is 24.3. The lowest BCUT2D eigenvalue weighted by molar-refractivity contribution is -0.121. The van der Waals surface area contributed by atoms with E-state index in [1.165, 1.54) is 11.0 Å². The molecule has 0 aromatic heterocycles. The van der Waals surface area contributed by atoms with E-state index >= 15 is 0 Å². The summed E-state index contributed by atoms with van der Waals surface area (Å²) in [5.74, 6) is 0.00794. The van der Waals surface area contributed by atoms with E-state index in [0.29, 0.717) is 25.2 Å². The SMILES string of the molecule is CN(CC(=O)NCC1CNCC1O)C1=NS(=O)(=O)c2ccccc21. The molecule has 9 heteroatoms. The van der Waals surface area contributed by atoms with Gasteiger partial charge in [-0.3, -0.25) is 4.79 Å². The number of sulfonamides is 1. The van der Waals surface area contributed by atoms with Gasteiger partial charge in [0.25, 0.3) is 10.0 Å². The summed E-state index contributed by atoms with van der Waals surface area (Å²) in [4.78, 5) is 13.8. The second-order valence-corrected chi connectivity index (χ2v) is 7.60. The lowest BCUT2D eigenvalue weighted by Gasteiger charge is -2.20. The molecule has 0 bridgehead atoms. The molecule has 2 atom stereocenters. The van der Waals surface area contributed by atoms with Crippen molar-refractivity contribution in [2.75, 3.05) is 33.2 Å². The van der Waals surface area contributed by atoms with Crippen LogP contribution < -0.4 is 10.6 Å². The van der Waals surface area contributed by atoms with Crippen LogP contribution in [-0.2, 0) is 14.8 Å². The number of benzene rings is 1. The first-order chi connectivity index (χ1) is 11.4. The molecule has 2 unspecified atom stereocenters. The number of amidine groups is 1. The number of aliphatic hydroxyl groups excluding tert-OH is 1. The number of carbonyl (C=O) groups excluding carboxylic acids is 1. The largest absolute Gasteiger partial charge is 0.391 e. The van der Waals surface area contributed by atoms with Gasteiger partial charge < -0.3 is 20.6 Å². The average Bonchev–Trinajstić information content (AvgIpc) is 3.07. The fourth-order valence-corrected chi connectivity index (χ4v) is 4.13. The van der Waals surface area contributed by atoms with Gasteiger partial charge in [-0.25, -0.2) is 0 Å². The van der Waals surface area contributed by atoms with E-state index in [0.717, 1.165) is 0 Å². The summed E-state index contributed by atoms with van der Waals surface area (Å²) in [6, 6.07) is 6.55. The first kappa shape index (κ1) is 16.9. The summed E-state index contributed by atoms with van der Waals surface area (Å²) in [5.41, 5.74) is 0.503. The number of likely N-dealkylation sites (N-methyl/N-ethyl adjacent to an activating group) is 1. The summed E-state index contributed by atoms with van der Waals surface area (Å²) in [6.45, 7) is 1.56. The van der Waals surface area contributed by atoms with E-state index < -0.39 is 16.1 Å². The van der Waals surface area contributed by atoms with Gasteiger partial charge in [-0.15, -0.1) is 4.40 Å². The van der Waals surface area contributed by atoms with Crippen molar-refractivity contribution in [3.8, 4) is 0 Å². The van der Waals surface area contributed by atoms with Gasteiger partial charge in [-0.05, 0) is 12.1 Å². The Morgan fingerprint density at radius 2 is 2.17 bits per heavy atom. The quantitative estimate of drug-likeness (QED) is 0.625. The zero-order chi connectivity index (χ0) is 17.3. The molecular formula is C15H20N4O4S. The second-order valence-electron chi connectivity index (χ2n) is 6.03. The number of hydrogen-bond donors (Lipinski definition) is 3. The van der Waals surface area contributed by atoms with Crippen molar-refractivity contribution >= 4 is 21.8 Å². The highest BCUT2D eigenvalue weighted by Crippen LogP contribution is 2.26. The van der Waals surface area contributed by atoms with Crippen molar-refractivity contribution in [3.05, 3.63) is 29.8 Å². The van der Waals surface area contributed by atoms with E-state index in [1.54, 1.807) is 25.2 Å². The first-order valence-electron chi connectivity index (χ1n) is 7.69. The third-order valence-electron chi connectivity index (χ3n) is 4.22. The maximum Gasteiger partial charge on any atom is 0.285 e. The fourth-order valence-electron chi connectivity index (χ4n) is 2.88. The molecule has 3 N–H and O–H groups in total. The van der Waals surface area contributed by atoms with E-state index in [4.69, 9.17) is 0 Å². The Bertz CT molecular complexity index is 777. The Hall–Kier alpha value is -1.97. The Morgan fingerprint density at radius 1 is 1.42 bits per heavy atom. The maximum atomic E-state index is 12.1. The molecule has 1 aromatic rings. The van der Waals surface area contributed by atoms with Crippen molar-refractivity contribution in [2.45, 2.75) is 11.0 Å². The minimum Gasteiger partial charge on any atom is -0.391 e. The van der Waals surface area contributed by atoms with Crippen LogP contribution in [0.2, 0.25) is 0 Å². The Morgan fingerprint density at radius 3 is 2.88 bits per heavy atom. The standard InChI is InChI=1S/C15H20N4O4S/c1-19(9-14(21)17-7-10-6-16-8-12(10)20)15-11-4-2-3-5-13(11)24(22,23)18-15/h2-5,10,12,16,20H,6-9H2,1H3,(H,17,21). The van der Waals surface area contributed by atoms with E-state index in [9.17, 15) is 18.3 Å². The van der Waals surface area contributed by atoms with Crippen molar-refractivity contribution in [2.24, 2.45) is 10.3 Å². The lowest BCUT2D eigenvalue weighted by Crippen LogP contribution is -2.41. The van der Waals surface area contributed by atoms with Crippen LogP contribution in [-0.4, -0.2) is 69.5 Å². The van der Waals surface area contributed by atoms with Crippen LogP contribution in [0, 0.1) is 5.92 Å². The van der Waals surface area contributed by atoms with Crippen LogP contribution in [0.5, 0.6) is 0 Å². The molecule has 130 valence electrons. The highest BCUT2D eigenvalue weighted by molar-refractivity contribution is 7.90. The van der Waals surface area contributed by atoms with Gasteiger partial charge in [0.2, 0.25) is 5.91 Å². The van der Waals surface area contributed by atoms with Crippen LogP contribution in [0.3, 0.4) is 0 Å². The van der Waals surface area contributed by atoms with E-state index in [-0.39, 0.29) is 29.1 Å². The smallest absolute Gasteiger partial charge is 0.285 e. The molecule has 8 nitrogen and oxygen atoms in total. The molecule has 1 aromatic carbocycles. The summed E-state index contributed by atoms with van der Waals surface area (Å²) >= 11 is 0. The van der Waals surface area contributed by atoms with Crippen LogP contribution in [0.1, 0.15) is 5.56 Å². The number of fused-ring (bicyclic) bond motifs is 1. The van der Waals surface area contributed by atoms with Gasteiger partial charge in [0, 0.05) is 38.2 Å². The predicted molar refractivity (Wildman–Crippen MR) is 88.2 cm³/mol. The Balaban J connectivity index is 1.63. The number of aliphatic hydroxyl groups is 1. The van der Waals surface area contributed by atoms with Gasteiger partial charge in [-0.1, -0.05) is 12.1 Å². The molecule has 0 saturated carbocycles. The number of nitrogens with one attached hydrogen (secondary N) is 2. The molecule has 2 aliphatic rings. The molecule has 1 amide bonds. The van der Waals surface area contributed by atoms with Gasteiger partial charge in [0.05, 0.1) is 12.6 Å². The number of rotatable bonds is 4. The number of nitrogens with zero attached hydrogens (tertiary/aromatic N) is 2. The summed E-state index contributed by atoms with van der Waals surface area (Å²) < 4.78 is 27.9. The molecule has 1 fully saturated rings. The fraction of sp³-hybridized carbons (Fsp3) is 0.467. The Kier molecular flexibility index (Phi) is 4.57. The molecule has 24 heavy (non-hydrogen) atoms. The minimum atomic E-state index is -3.69. The van der Waals surface area contributed by atoms with Gasteiger partial charge in [-0.2, -0.15) is 8.42 Å². The Labute approximate surface area is 140 Å². The number of hydrogen-bond acceptors (Lipinski definition) is 6. The zero-order valence-electron chi connectivity index (χ0n) is 13.3. The minimum absolute atomic E-state index is 0.0100. The molecular weight excluding hydrogens is 332 g/mol. The third kappa shape index (κ3) is 3.28. The molecule has 2 heterocycles. The van der Waals surface area contributed by atoms with Crippen LogP contribution in [0.15, 0.2) is 33.6 Å². The van der Waals surface area contributed by atoms with Crippen molar-refractivity contribution < 1.29 is 18.3 Å². The monoisotopic (exact) mass is 352 g/mol. The second kappa shape index (κ2) is 6.50. The predicted octanol–water partition coefficient (Wildman–Crippen LogP) is -1.24. The molecule has 0 radical (unpaired) electrons. The molecule has 3 rings (SSSR count). The highest BCUT2D eigenvalue weighted by Gasteiger charge is 2.31. The van der Waals surface area contributed by atoms with Gasteiger partial charge in [0.15, 0.2) is 5.84 Å². The molecule has 1 saturated heterocycles. The van der Waals surface area contributed by atoms with Crippen LogP contribution >= 0.6 is 0 Å². The molecule has 0 spiro atoms. The first-order valence-corrected chi connectivity index (χ1v) is 9.13. The molecule has 0 aliphatic carbocycles. The van der Waals surface area contributed by atoms with Gasteiger partial charge >= 0.3 is 0 Å². The van der Waals surface area contributed by atoms with Crippen molar-refractivity contribution in [1.29, 1.82) is 0 Å². The lowest BCUT2D eigenvalue weighted by atomic mass is 10.1. The summed E-state index contributed by atoms with van der Waals surface area (Å²) in [5, 5.41) is 15.5. The number of β-amino-alcohol motifs (C(OH)–C–C–N with tert-alkyl or cyclic N) is 1. The van der Waals surface area contributed by atoms with E-state index in [1.807, 2.05) is 0 Å². The van der Waals surface area contributed by atoms with Crippen molar-refractivity contribution in [1.82, 2.24) is 15.5 Å².